The average Bonchev–Trinajstić information content (AvgIpc) is 2.76. The van der Waals surface area contributed by atoms with Crippen LogP contribution in [-0.4, -0.2) is 81.0 Å². The molecule has 178 valence electrons. The van der Waals surface area contributed by atoms with E-state index in [1.165, 1.54) is 56.0 Å². The minimum Gasteiger partial charge on any atom is -1.00 e. The van der Waals surface area contributed by atoms with Crippen LogP contribution >= 0.6 is 0 Å². The van der Waals surface area contributed by atoms with Crippen molar-refractivity contribution in [3.63, 3.8) is 0 Å². The Bertz CT molecular complexity index is 515. The minimum absolute atomic E-state index is 0. The van der Waals surface area contributed by atoms with E-state index >= 15 is 0 Å². The number of halogens is 2. The fourth-order valence-electron chi connectivity index (χ4n) is 4.20. The molecule has 4 nitrogen and oxygen atoms in total. The highest BCUT2D eigenvalue weighted by Gasteiger charge is 2.22. The van der Waals surface area contributed by atoms with Crippen LogP contribution in [0.2, 0.25) is 0 Å². The monoisotopic (exact) mass is 647 g/mol. The van der Waals surface area contributed by atoms with E-state index in [0.29, 0.717) is 0 Å². The Morgan fingerprint density at radius 3 is 1.50 bits per heavy atom. The highest BCUT2D eigenvalue weighted by molar-refractivity contribution is 5.48. The molecule has 0 saturated heterocycles. The number of likely N-dealkylation sites (N-methyl/N-ethyl adjacent to an activating group) is 3. The van der Waals surface area contributed by atoms with Crippen molar-refractivity contribution in [2.24, 2.45) is 0 Å². The van der Waals surface area contributed by atoms with Crippen molar-refractivity contribution in [3.05, 3.63) is 24.3 Å². The van der Waals surface area contributed by atoms with E-state index in [1.54, 1.807) is 0 Å². The molecule has 0 unspecified atom stereocenters. The van der Waals surface area contributed by atoms with Gasteiger partial charge in [0.25, 0.3) is 0 Å². The highest BCUT2D eigenvalue weighted by atomic mass is 127. The van der Waals surface area contributed by atoms with Gasteiger partial charge in [-0.1, -0.05) is 0 Å². The molecular weight excluding hydrogens is 600 g/mol. The van der Waals surface area contributed by atoms with E-state index in [4.69, 9.17) is 4.74 Å². The number of anilines is 1. The van der Waals surface area contributed by atoms with E-state index in [-0.39, 0.29) is 48.0 Å². The SMILES string of the molecule is CCN(CC[N+](CC)(CC)CC)c1ccc(OCC[N+](CC)(CC)CC)cc1.[I-].[I-]. The first-order valence-electron chi connectivity index (χ1n) is 11.6. The summed E-state index contributed by atoms with van der Waals surface area (Å²) in [6.07, 6.45) is 0. The Morgan fingerprint density at radius 1 is 0.667 bits per heavy atom. The standard InChI is InChI=1S/C24H47N3O.2HI/c1-8-25(19-20-26(9-2,10-3)11-4)23-15-17-24(18-16-23)28-22-21-27(12-5,13-6)14-7;;/h15-18H,8-14,19-22H2,1-7H3;2*1H/q+2;;/p-2. The van der Waals surface area contributed by atoms with Crippen LogP contribution in [0.5, 0.6) is 5.75 Å². The lowest BCUT2D eigenvalue weighted by molar-refractivity contribution is -0.923. The summed E-state index contributed by atoms with van der Waals surface area (Å²) < 4.78 is 8.40. The molecule has 0 spiro atoms. The Labute approximate surface area is 221 Å². The first-order chi connectivity index (χ1) is 13.5. The van der Waals surface area contributed by atoms with Crippen LogP contribution in [0.4, 0.5) is 5.69 Å². The fraction of sp³-hybridized carbons (Fsp3) is 0.750. The van der Waals surface area contributed by atoms with Gasteiger partial charge >= 0.3 is 0 Å². The first kappa shape index (κ1) is 32.4. The summed E-state index contributed by atoms with van der Waals surface area (Å²) >= 11 is 0. The summed E-state index contributed by atoms with van der Waals surface area (Å²) in [7, 11) is 0. The molecule has 0 atom stereocenters. The predicted molar refractivity (Wildman–Crippen MR) is 123 cm³/mol. The zero-order chi connectivity index (χ0) is 21.0. The molecule has 0 N–H and O–H groups in total. The van der Waals surface area contributed by atoms with Crippen LogP contribution in [0.3, 0.4) is 0 Å². The molecule has 0 fully saturated rings. The van der Waals surface area contributed by atoms with E-state index < -0.39 is 0 Å². The van der Waals surface area contributed by atoms with Crippen molar-refractivity contribution in [2.75, 3.05) is 77.0 Å². The summed E-state index contributed by atoms with van der Waals surface area (Å²) in [6.45, 7) is 28.4. The molecule has 0 saturated carbocycles. The van der Waals surface area contributed by atoms with Gasteiger partial charge in [0, 0.05) is 12.2 Å². The Hall–Kier alpha value is 0.200. The summed E-state index contributed by atoms with van der Waals surface area (Å²) in [5.41, 5.74) is 1.30. The van der Waals surface area contributed by atoms with Crippen LogP contribution in [0, 0.1) is 0 Å². The third-order valence-electron chi connectivity index (χ3n) is 7.29. The summed E-state index contributed by atoms with van der Waals surface area (Å²) in [6, 6.07) is 8.72. The molecule has 0 aliphatic heterocycles. The molecule has 1 rings (SSSR count). The number of ether oxygens (including phenoxy) is 1. The van der Waals surface area contributed by atoms with E-state index in [1.807, 2.05) is 0 Å². The zero-order valence-electron chi connectivity index (χ0n) is 20.6. The second-order valence-electron chi connectivity index (χ2n) is 7.95. The maximum absolute atomic E-state index is 6.06. The lowest BCUT2D eigenvalue weighted by Gasteiger charge is -2.38. The maximum atomic E-state index is 6.06. The highest BCUT2D eigenvalue weighted by Crippen LogP contribution is 2.20. The number of hydrogen-bond donors (Lipinski definition) is 0. The van der Waals surface area contributed by atoms with Crippen molar-refractivity contribution in [3.8, 4) is 5.75 Å². The van der Waals surface area contributed by atoms with Gasteiger partial charge in [-0.2, -0.15) is 0 Å². The number of quaternary nitrogens is 2. The van der Waals surface area contributed by atoms with Crippen LogP contribution < -0.4 is 57.6 Å². The number of hydrogen-bond acceptors (Lipinski definition) is 2. The summed E-state index contributed by atoms with van der Waals surface area (Å²) in [5, 5.41) is 0. The molecule has 0 heterocycles. The molecule has 0 radical (unpaired) electrons. The molecule has 0 aromatic heterocycles. The smallest absolute Gasteiger partial charge is 0.137 e. The molecule has 30 heavy (non-hydrogen) atoms. The third kappa shape index (κ3) is 9.36. The van der Waals surface area contributed by atoms with Gasteiger partial charge < -0.3 is 66.6 Å². The van der Waals surface area contributed by atoms with Crippen molar-refractivity contribution in [1.29, 1.82) is 0 Å². The molecule has 1 aromatic carbocycles. The molecule has 0 aliphatic carbocycles. The van der Waals surface area contributed by atoms with Gasteiger partial charge in [0.1, 0.15) is 18.9 Å². The number of nitrogens with zero attached hydrogens (tertiary/aromatic N) is 3. The summed E-state index contributed by atoms with van der Waals surface area (Å²) in [5.74, 6) is 0.988. The van der Waals surface area contributed by atoms with Crippen LogP contribution in [0.15, 0.2) is 24.3 Å². The van der Waals surface area contributed by atoms with Crippen molar-refractivity contribution >= 4 is 5.69 Å². The lowest BCUT2D eigenvalue weighted by atomic mass is 10.2. The molecular formula is C24H47I2N3O. The van der Waals surface area contributed by atoms with Crippen LogP contribution in [-0.2, 0) is 0 Å². The minimum atomic E-state index is 0. The molecule has 6 heteroatoms. The maximum Gasteiger partial charge on any atom is 0.137 e. The van der Waals surface area contributed by atoms with Gasteiger partial charge in [-0.15, -0.1) is 0 Å². The van der Waals surface area contributed by atoms with Gasteiger partial charge in [0.05, 0.1) is 52.4 Å². The van der Waals surface area contributed by atoms with Gasteiger partial charge in [0.2, 0.25) is 0 Å². The Balaban J connectivity index is 0. The Morgan fingerprint density at radius 2 is 1.10 bits per heavy atom. The quantitative estimate of drug-likeness (QED) is 0.173. The summed E-state index contributed by atoms with van der Waals surface area (Å²) in [4.78, 5) is 2.49. The second kappa shape index (κ2) is 16.8. The first-order valence-corrected chi connectivity index (χ1v) is 11.6. The van der Waals surface area contributed by atoms with E-state index in [9.17, 15) is 0 Å². The van der Waals surface area contributed by atoms with Gasteiger partial charge in [0.15, 0.2) is 0 Å². The van der Waals surface area contributed by atoms with Gasteiger partial charge in [-0.3, -0.25) is 0 Å². The molecule has 0 aliphatic rings. The average molecular weight is 647 g/mol. The van der Waals surface area contributed by atoms with Crippen molar-refractivity contribution in [1.82, 2.24) is 0 Å². The van der Waals surface area contributed by atoms with Gasteiger partial charge in [-0.25, -0.2) is 0 Å². The Kier molecular flexibility index (Phi) is 18.1. The van der Waals surface area contributed by atoms with Crippen LogP contribution in [0.25, 0.3) is 0 Å². The third-order valence-corrected chi connectivity index (χ3v) is 7.29. The normalized spacial score (nSPS) is 11.4. The zero-order valence-corrected chi connectivity index (χ0v) is 24.9. The number of benzene rings is 1. The molecule has 0 bridgehead atoms. The van der Waals surface area contributed by atoms with Crippen molar-refractivity contribution in [2.45, 2.75) is 48.5 Å². The van der Waals surface area contributed by atoms with Gasteiger partial charge in [-0.05, 0) is 72.7 Å². The number of rotatable bonds is 15. The van der Waals surface area contributed by atoms with Crippen molar-refractivity contribution < 1.29 is 61.7 Å². The fourth-order valence-corrected chi connectivity index (χ4v) is 4.20. The second-order valence-corrected chi connectivity index (χ2v) is 7.95. The van der Waals surface area contributed by atoms with E-state index in [2.05, 4.69) is 77.6 Å². The predicted octanol–water partition coefficient (Wildman–Crippen LogP) is -1.35. The topological polar surface area (TPSA) is 12.5 Å². The largest absolute Gasteiger partial charge is 1.00 e. The van der Waals surface area contributed by atoms with E-state index in [0.717, 1.165) is 36.5 Å². The lowest BCUT2D eigenvalue weighted by Crippen LogP contribution is -3.00. The molecule has 1 aromatic rings. The van der Waals surface area contributed by atoms with Crippen LogP contribution in [0.1, 0.15) is 48.5 Å². The molecule has 0 amide bonds.